The summed E-state index contributed by atoms with van der Waals surface area (Å²) in [5, 5.41) is 8.92. The Labute approximate surface area is 110 Å². The number of aliphatic carboxylic acids is 1. The molecule has 2 heteroatoms. The molecule has 0 radical (unpaired) electrons. The minimum absolute atomic E-state index is 0.158. The lowest BCUT2D eigenvalue weighted by Crippen LogP contribution is -2.21. The van der Waals surface area contributed by atoms with Gasteiger partial charge in [-0.15, -0.1) is 0 Å². The highest BCUT2D eigenvalue weighted by Gasteiger charge is 2.24. The first-order valence-electron chi connectivity index (χ1n) is 6.41. The van der Waals surface area contributed by atoms with E-state index in [0.717, 1.165) is 12.0 Å². The van der Waals surface area contributed by atoms with E-state index in [1.54, 1.807) is 0 Å². The molecule has 0 unspecified atom stereocenters. The monoisotopic (exact) mass is 248 g/mol. The number of hydrogen-bond donors (Lipinski definition) is 1. The molecule has 2 nitrogen and oxygen atoms in total. The van der Waals surface area contributed by atoms with Crippen LogP contribution in [0.15, 0.2) is 24.3 Å². The van der Waals surface area contributed by atoms with Gasteiger partial charge in [0.1, 0.15) is 0 Å². The largest absolute Gasteiger partial charge is 0.481 e. The van der Waals surface area contributed by atoms with E-state index in [0.29, 0.717) is 0 Å². The predicted octanol–water partition coefficient (Wildman–Crippen LogP) is 4.03. The van der Waals surface area contributed by atoms with Crippen LogP contribution in [0.2, 0.25) is 0 Å². The fraction of sp³-hybridized carbons (Fsp3) is 0.562. The minimum Gasteiger partial charge on any atom is -0.481 e. The number of carboxylic acids is 1. The van der Waals surface area contributed by atoms with E-state index < -0.39 is 5.97 Å². The Kier molecular flexibility index (Phi) is 4.20. The first-order valence-corrected chi connectivity index (χ1v) is 6.41. The van der Waals surface area contributed by atoms with Gasteiger partial charge in [-0.1, -0.05) is 58.9 Å². The molecule has 0 fully saturated rings. The van der Waals surface area contributed by atoms with Crippen LogP contribution in [0.25, 0.3) is 0 Å². The van der Waals surface area contributed by atoms with Crippen molar-refractivity contribution in [1.82, 2.24) is 0 Å². The van der Waals surface area contributed by atoms with E-state index in [-0.39, 0.29) is 17.3 Å². The molecule has 1 N–H and O–H groups in total. The summed E-state index contributed by atoms with van der Waals surface area (Å²) >= 11 is 0. The first kappa shape index (κ1) is 14.7. The molecule has 1 rings (SSSR count). The summed E-state index contributed by atoms with van der Waals surface area (Å²) in [6.45, 7) is 10.6. The van der Waals surface area contributed by atoms with E-state index in [1.807, 2.05) is 13.8 Å². The molecular weight excluding hydrogens is 224 g/mol. The van der Waals surface area contributed by atoms with Crippen LogP contribution in [-0.2, 0) is 16.6 Å². The van der Waals surface area contributed by atoms with E-state index in [1.165, 1.54) is 5.56 Å². The normalized spacial score (nSPS) is 12.5. The van der Waals surface area contributed by atoms with Gasteiger partial charge in [-0.2, -0.15) is 0 Å². The maximum Gasteiger partial charge on any atom is 0.304 e. The van der Waals surface area contributed by atoms with Gasteiger partial charge in [0.25, 0.3) is 0 Å². The van der Waals surface area contributed by atoms with Gasteiger partial charge in [0, 0.05) is 5.41 Å². The zero-order valence-corrected chi connectivity index (χ0v) is 12.1. The van der Waals surface area contributed by atoms with Crippen molar-refractivity contribution in [2.24, 2.45) is 5.41 Å². The van der Waals surface area contributed by atoms with Crippen molar-refractivity contribution in [3.63, 3.8) is 0 Å². The molecule has 0 saturated heterocycles. The SMILES string of the molecule is CC(C)(C)Cc1ccc(C(C)(C)CC(=O)O)cc1. The molecule has 0 aliphatic rings. The Morgan fingerprint density at radius 3 is 1.94 bits per heavy atom. The van der Waals surface area contributed by atoms with Crippen LogP contribution in [0.5, 0.6) is 0 Å². The van der Waals surface area contributed by atoms with Gasteiger partial charge in [-0.05, 0) is 23.0 Å². The summed E-state index contributed by atoms with van der Waals surface area (Å²) in [7, 11) is 0. The summed E-state index contributed by atoms with van der Waals surface area (Å²) in [6, 6.07) is 8.35. The second-order valence-corrected chi connectivity index (χ2v) is 6.89. The zero-order valence-electron chi connectivity index (χ0n) is 12.1. The maximum atomic E-state index is 10.8. The smallest absolute Gasteiger partial charge is 0.304 e. The van der Waals surface area contributed by atoms with Crippen LogP contribution in [0.1, 0.15) is 52.2 Å². The molecule has 18 heavy (non-hydrogen) atoms. The lowest BCUT2D eigenvalue weighted by Gasteiger charge is -2.24. The summed E-state index contributed by atoms with van der Waals surface area (Å²) < 4.78 is 0. The van der Waals surface area contributed by atoms with Crippen LogP contribution in [0.4, 0.5) is 0 Å². The molecule has 100 valence electrons. The van der Waals surface area contributed by atoms with Crippen molar-refractivity contribution in [2.45, 2.75) is 52.9 Å². The lowest BCUT2D eigenvalue weighted by atomic mass is 9.80. The van der Waals surface area contributed by atoms with Crippen LogP contribution < -0.4 is 0 Å². The van der Waals surface area contributed by atoms with Gasteiger partial charge in [0.05, 0.1) is 6.42 Å². The molecule has 0 bridgehead atoms. The van der Waals surface area contributed by atoms with Crippen LogP contribution >= 0.6 is 0 Å². The van der Waals surface area contributed by atoms with E-state index >= 15 is 0 Å². The molecular formula is C16H24O2. The van der Waals surface area contributed by atoms with E-state index in [2.05, 4.69) is 45.0 Å². The lowest BCUT2D eigenvalue weighted by molar-refractivity contribution is -0.138. The molecule has 0 aromatic heterocycles. The molecule has 0 amide bonds. The summed E-state index contributed by atoms with van der Waals surface area (Å²) in [5.74, 6) is -0.751. The van der Waals surface area contributed by atoms with Crippen molar-refractivity contribution in [3.05, 3.63) is 35.4 Å². The molecule has 0 atom stereocenters. The Hall–Kier alpha value is -1.31. The van der Waals surface area contributed by atoms with E-state index in [4.69, 9.17) is 5.11 Å². The van der Waals surface area contributed by atoms with Crippen molar-refractivity contribution in [2.75, 3.05) is 0 Å². The molecule has 0 saturated carbocycles. The van der Waals surface area contributed by atoms with Crippen molar-refractivity contribution >= 4 is 5.97 Å². The summed E-state index contributed by atoms with van der Waals surface area (Å²) in [6.07, 6.45) is 1.19. The number of carbonyl (C=O) groups is 1. The quantitative estimate of drug-likeness (QED) is 0.873. The number of benzene rings is 1. The van der Waals surface area contributed by atoms with Crippen molar-refractivity contribution in [3.8, 4) is 0 Å². The van der Waals surface area contributed by atoms with Gasteiger partial charge in [-0.25, -0.2) is 0 Å². The maximum absolute atomic E-state index is 10.8. The van der Waals surface area contributed by atoms with E-state index in [9.17, 15) is 4.79 Å². The average molecular weight is 248 g/mol. The highest BCUT2D eigenvalue weighted by atomic mass is 16.4. The topological polar surface area (TPSA) is 37.3 Å². The zero-order chi connectivity index (χ0) is 14.0. The summed E-state index contributed by atoms with van der Waals surface area (Å²) in [5.41, 5.74) is 2.35. The van der Waals surface area contributed by atoms with Crippen molar-refractivity contribution < 1.29 is 9.90 Å². The number of rotatable bonds is 4. The molecule has 0 heterocycles. The standard InChI is InChI=1S/C16H24O2/c1-15(2,3)10-12-6-8-13(9-7-12)16(4,5)11-14(17)18/h6-9H,10-11H2,1-5H3,(H,17,18). The highest BCUT2D eigenvalue weighted by molar-refractivity contribution is 5.68. The molecule has 1 aromatic rings. The van der Waals surface area contributed by atoms with Crippen LogP contribution in [0.3, 0.4) is 0 Å². The average Bonchev–Trinajstić information content (AvgIpc) is 2.13. The summed E-state index contributed by atoms with van der Waals surface area (Å²) in [4.78, 5) is 10.8. The third kappa shape index (κ3) is 4.52. The van der Waals surface area contributed by atoms with Gasteiger partial charge < -0.3 is 5.11 Å². The second-order valence-electron chi connectivity index (χ2n) is 6.89. The third-order valence-electron chi connectivity index (χ3n) is 3.06. The van der Waals surface area contributed by atoms with Gasteiger partial charge in [0.15, 0.2) is 0 Å². The number of carboxylic acid groups (broad SMARTS) is 1. The molecule has 1 aromatic carbocycles. The highest BCUT2D eigenvalue weighted by Crippen LogP contribution is 2.28. The fourth-order valence-corrected chi connectivity index (χ4v) is 2.17. The predicted molar refractivity (Wildman–Crippen MR) is 74.9 cm³/mol. The molecule has 0 aliphatic heterocycles. The Morgan fingerprint density at radius 1 is 1.06 bits per heavy atom. The first-order chi connectivity index (χ1) is 8.10. The van der Waals surface area contributed by atoms with Crippen LogP contribution in [0, 0.1) is 5.41 Å². The molecule has 0 spiro atoms. The number of hydrogen-bond acceptors (Lipinski definition) is 1. The Balaban J connectivity index is 2.85. The van der Waals surface area contributed by atoms with Gasteiger partial charge >= 0.3 is 5.97 Å². The minimum atomic E-state index is -0.751. The van der Waals surface area contributed by atoms with Gasteiger partial charge in [0.2, 0.25) is 0 Å². The van der Waals surface area contributed by atoms with Crippen molar-refractivity contribution in [1.29, 1.82) is 0 Å². The van der Waals surface area contributed by atoms with Crippen LogP contribution in [-0.4, -0.2) is 11.1 Å². The Morgan fingerprint density at radius 2 is 1.56 bits per heavy atom. The molecule has 0 aliphatic carbocycles. The fourth-order valence-electron chi connectivity index (χ4n) is 2.17. The Bertz CT molecular complexity index is 408. The third-order valence-corrected chi connectivity index (χ3v) is 3.06. The van der Waals surface area contributed by atoms with Gasteiger partial charge in [-0.3, -0.25) is 4.79 Å². The second kappa shape index (κ2) is 5.13.